The molecule has 0 atom stereocenters. The lowest BCUT2D eigenvalue weighted by Crippen LogP contribution is -2.30. The molecule has 0 bridgehead atoms. The number of benzene rings is 1. The summed E-state index contributed by atoms with van der Waals surface area (Å²) in [6, 6.07) is 5.10. The van der Waals surface area contributed by atoms with Gasteiger partial charge in [0.2, 0.25) is 0 Å². The number of hydrogen-bond acceptors (Lipinski definition) is 2. The highest BCUT2D eigenvalue weighted by molar-refractivity contribution is 5.85. The predicted molar refractivity (Wildman–Crippen MR) is 69.5 cm³/mol. The second-order valence-electron chi connectivity index (χ2n) is 4.44. The average Bonchev–Trinajstić information content (AvgIpc) is 2.29. The Balaban J connectivity index is 0.00000144. The van der Waals surface area contributed by atoms with Crippen LogP contribution in [0.2, 0.25) is 0 Å². The Kier molecular flexibility index (Phi) is 5.72. The Morgan fingerprint density at radius 2 is 2.06 bits per heavy atom. The van der Waals surface area contributed by atoms with E-state index in [0.717, 1.165) is 31.5 Å². The Morgan fingerprint density at radius 3 is 2.71 bits per heavy atom. The molecule has 1 saturated heterocycles. The molecule has 0 unspecified atom stereocenters. The average molecular weight is 260 g/mol. The van der Waals surface area contributed by atoms with Crippen molar-refractivity contribution in [1.29, 1.82) is 0 Å². The van der Waals surface area contributed by atoms with Crippen LogP contribution in [0.15, 0.2) is 18.2 Å². The minimum Gasteiger partial charge on any atom is -0.490 e. The van der Waals surface area contributed by atoms with Crippen LogP contribution >= 0.6 is 12.4 Å². The molecule has 0 spiro atoms. The number of hydrogen-bond donors (Lipinski definition) is 1. The van der Waals surface area contributed by atoms with Gasteiger partial charge in [-0.25, -0.2) is 4.39 Å². The van der Waals surface area contributed by atoms with Crippen LogP contribution in [0, 0.1) is 18.7 Å². The lowest BCUT2D eigenvalue weighted by atomic mass is 9.99. The van der Waals surface area contributed by atoms with Crippen LogP contribution in [0.4, 0.5) is 4.39 Å². The van der Waals surface area contributed by atoms with E-state index in [0.29, 0.717) is 18.3 Å². The van der Waals surface area contributed by atoms with E-state index < -0.39 is 0 Å². The molecule has 4 heteroatoms. The summed E-state index contributed by atoms with van der Waals surface area (Å²) in [5, 5.41) is 3.30. The summed E-state index contributed by atoms with van der Waals surface area (Å²) in [7, 11) is 0. The standard InChI is InChI=1S/C13H18FNO.ClH/c1-10-2-3-13(12(14)8-10)16-9-11-4-6-15-7-5-11;/h2-3,8,11,15H,4-7,9H2,1H3;1H. The lowest BCUT2D eigenvalue weighted by Gasteiger charge is -2.22. The van der Waals surface area contributed by atoms with Gasteiger partial charge in [-0.1, -0.05) is 6.07 Å². The van der Waals surface area contributed by atoms with E-state index >= 15 is 0 Å². The minimum absolute atomic E-state index is 0. The zero-order valence-corrected chi connectivity index (χ0v) is 10.9. The molecule has 0 saturated carbocycles. The normalized spacial score (nSPS) is 16.4. The second-order valence-corrected chi connectivity index (χ2v) is 4.44. The van der Waals surface area contributed by atoms with Gasteiger partial charge in [-0.05, 0) is 56.5 Å². The van der Waals surface area contributed by atoms with Crippen molar-refractivity contribution < 1.29 is 9.13 Å². The van der Waals surface area contributed by atoms with E-state index in [1.165, 1.54) is 6.07 Å². The molecule has 0 aliphatic carbocycles. The first kappa shape index (κ1) is 14.3. The third-order valence-electron chi connectivity index (χ3n) is 3.02. The van der Waals surface area contributed by atoms with Crippen molar-refractivity contribution in [2.75, 3.05) is 19.7 Å². The Labute approximate surface area is 108 Å². The summed E-state index contributed by atoms with van der Waals surface area (Å²) in [6.45, 7) is 4.59. The molecule has 1 fully saturated rings. The van der Waals surface area contributed by atoms with E-state index in [2.05, 4.69) is 5.32 Å². The van der Waals surface area contributed by atoms with Crippen molar-refractivity contribution >= 4 is 12.4 Å². The molecule has 1 N–H and O–H groups in total. The van der Waals surface area contributed by atoms with Gasteiger partial charge < -0.3 is 10.1 Å². The molecule has 1 aromatic rings. The summed E-state index contributed by atoms with van der Waals surface area (Å²) < 4.78 is 19.0. The molecule has 96 valence electrons. The molecule has 0 amide bonds. The summed E-state index contributed by atoms with van der Waals surface area (Å²) in [5.41, 5.74) is 0.923. The Hall–Kier alpha value is -0.800. The van der Waals surface area contributed by atoms with Crippen molar-refractivity contribution in [3.8, 4) is 5.75 Å². The topological polar surface area (TPSA) is 21.3 Å². The van der Waals surface area contributed by atoms with Crippen molar-refractivity contribution in [2.24, 2.45) is 5.92 Å². The quantitative estimate of drug-likeness (QED) is 0.901. The smallest absolute Gasteiger partial charge is 0.165 e. The maximum absolute atomic E-state index is 13.5. The maximum Gasteiger partial charge on any atom is 0.165 e. The fraction of sp³-hybridized carbons (Fsp3) is 0.538. The van der Waals surface area contributed by atoms with Crippen molar-refractivity contribution in [3.63, 3.8) is 0 Å². The van der Waals surface area contributed by atoms with Gasteiger partial charge in [-0.15, -0.1) is 12.4 Å². The summed E-state index contributed by atoms with van der Waals surface area (Å²) in [5.74, 6) is 0.681. The number of nitrogens with one attached hydrogen (secondary N) is 1. The first-order chi connectivity index (χ1) is 7.75. The number of piperidine rings is 1. The Morgan fingerprint density at radius 1 is 1.35 bits per heavy atom. The first-order valence-electron chi connectivity index (χ1n) is 5.85. The number of ether oxygens (including phenoxy) is 1. The van der Waals surface area contributed by atoms with Crippen LogP contribution < -0.4 is 10.1 Å². The van der Waals surface area contributed by atoms with Gasteiger partial charge in [0, 0.05) is 0 Å². The van der Waals surface area contributed by atoms with Crippen LogP contribution in [0.1, 0.15) is 18.4 Å². The molecule has 17 heavy (non-hydrogen) atoms. The van der Waals surface area contributed by atoms with Gasteiger partial charge in [0.25, 0.3) is 0 Å². The highest BCUT2D eigenvalue weighted by atomic mass is 35.5. The van der Waals surface area contributed by atoms with E-state index in [9.17, 15) is 4.39 Å². The van der Waals surface area contributed by atoms with Gasteiger partial charge in [0.1, 0.15) is 0 Å². The van der Waals surface area contributed by atoms with E-state index in [4.69, 9.17) is 4.74 Å². The zero-order valence-electron chi connectivity index (χ0n) is 10.0. The van der Waals surface area contributed by atoms with E-state index in [1.54, 1.807) is 6.07 Å². The predicted octanol–water partition coefficient (Wildman–Crippen LogP) is 2.93. The molecule has 2 rings (SSSR count). The fourth-order valence-electron chi connectivity index (χ4n) is 1.98. The van der Waals surface area contributed by atoms with E-state index in [-0.39, 0.29) is 18.2 Å². The van der Waals surface area contributed by atoms with Crippen LogP contribution in [0.5, 0.6) is 5.75 Å². The first-order valence-corrected chi connectivity index (χ1v) is 5.85. The molecular formula is C13H19ClFNO. The Bertz CT molecular complexity index is 353. The summed E-state index contributed by atoms with van der Waals surface area (Å²) in [4.78, 5) is 0. The van der Waals surface area contributed by atoms with Crippen molar-refractivity contribution in [1.82, 2.24) is 5.32 Å². The third kappa shape index (κ3) is 4.17. The highest BCUT2D eigenvalue weighted by Gasteiger charge is 2.14. The highest BCUT2D eigenvalue weighted by Crippen LogP contribution is 2.20. The summed E-state index contributed by atoms with van der Waals surface area (Å²) >= 11 is 0. The van der Waals surface area contributed by atoms with Crippen LogP contribution in [-0.2, 0) is 0 Å². The SMILES string of the molecule is Cc1ccc(OCC2CCNCC2)c(F)c1.Cl. The third-order valence-corrected chi connectivity index (χ3v) is 3.02. The van der Waals surface area contributed by atoms with Gasteiger partial charge >= 0.3 is 0 Å². The minimum atomic E-state index is -0.256. The van der Waals surface area contributed by atoms with Crippen LogP contribution in [-0.4, -0.2) is 19.7 Å². The van der Waals surface area contributed by atoms with Gasteiger partial charge in [-0.3, -0.25) is 0 Å². The van der Waals surface area contributed by atoms with Crippen molar-refractivity contribution in [2.45, 2.75) is 19.8 Å². The molecule has 0 radical (unpaired) electrons. The molecule has 1 aliphatic rings. The van der Waals surface area contributed by atoms with E-state index in [1.807, 2.05) is 13.0 Å². The summed E-state index contributed by atoms with van der Waals surface area (Å²) in [6.07, 6.45) is 2.24. The molecule has 0 aromatic heterocycles. The zero-order chi connectivity index (χ0) is 11.4. The van der Waals surface area contributed by atoms with Gasteiger partial charge in [0.15, 0.2) is 11.6 Å². The fourth-order valence-corrected chi connectivity index (χ4v) is 1.98. The second kappa shape index (κ2) is 6.82. The molecule has 1 heterocycles. The number of rotatable bonds is 3. The number of halogens is 2. The molecule has 1 aromatic carbocycles. The van der Waals surface area contributed by atoms with Crippen LogP contribution in [0.3, 0.4) is 0 Å². The van der Waals surface area contributed by atoms with Gasteiger partial charge in [0.05, 0.1) is 6.61 Å². The molecular weight excluding hydrogens is 241 g/mol. The number of aryl methyl sites for hydroxylation is 1. The van der Waals surface area contributed by atoms with Gasteiger partial charge in [-0.2, -0.15) is 0 Å². The maximum atomic E-state index is 13.5. The van der Waals surface area contributed by atoms with Crippen molar-refractivity contribution in [3.05, 3.63) is 29.6 Å². The van der Waals surface area contributed by atoms with Crippen LogP contribution in [0.25, 0.3) is 0 Å². The monoisotopic (exact) mass is 259 g/mol. The molecule has 1 aliphatic heterocycles. The largest absolute Gasteiger partial charge is 0.490 e. The molecule has 2 nitrogen and oxygen atoms in total. The lowest BCUT2D eigenvalue weighted by molar-refractivity contribution is 0.208.